The lowest BCUT2D eigenvalue weighted by Gasteiger charge is -2.36. The Hall–Kier alpha value is -2.96. The zero-order chi connectivity index (χ0) is 20.1. The lowest BCUT2D eigenvalue weighted by atomic mass is 9.92. The number of alkyl halides is 1. The molecule has 1 saturated heterocycles. The summed E-state index contributed by atoms with van der Waals surface area (Å²) in [6, 6.07) is 8.66. The van der Waals surface area contributed by atoms with Gasteiger partial charge in [-0.15, -0.1) is 0 Å². The number of pyridine rings is 1. The van der Waals surface area contributed by atoms with Gasteiger partial charge in [-0.1, -0.05) is 0 Å². The Kier molecular flexibility index (Phi) is 5.92. The highest BCUT2D eigenvalue weighted by Gasteiger charge is 2.44. The third kappa shape index (κ3) is 4.30. The molecule has 2 heterocycles. The minimum absolute atomic E-state index is 0.0978. The molecule has 1 atom stereocenters. The maximum atomic E-state index is 15.4. The number of hydrogen-bond donors (Lipinski definition) is 1. The van der Waals surface area contributed by atoms with E-state index < -0.39 is 11.6 Å². The number of nitrogens with one attached hydrogen (secondary N) is 1. The zero-order valence-corrected chi connectivity index (χ0v) is 16.1. The number of likely N-dealkylation sites (tertiary alicyclic amines) is 1. The topological polar surface area (TPSA) is 71.5 Å². The molecule has 1 aromatic carbocycles. The van der Waals surface area contributed by atoms with Crippen molar-refractivity contribution in [1.82, 2.24) is 15.2 Å². The van der Waals surface area contributed by atoms with E-state index in [9.17, 15) is 9.59 Å². The van der Waals surface area contributed by atoms with E-state index in [-0.39, 0.29) is 25.4 Å². The molecule has 28 heavy (non-hydrogen) atoms. The normalized spacial score (nSPS) is 19.2. The van der Waals surface area contributed by atoms with Gasteiger partial charge in [0.25, 0.3) is 11.8 Å². The van der Waals surface area contributed by atoms with Crippen LogP contribution < -0.4 is 10.1 Å². The Balaban J connectivity index is 1.68. The molecule has 0 saturated carbocycles. The van der Waals surface area contributed by atoms with Crippen molar-refractivity contribution in [3.8, 4) is 5.75 Å². The second-order valence-electron chi connectivity index (χ2n) is 7.01. The number of methoxy groups -OCH3 is 1. The molecule has 0 bridgehead atoms. The van der Waals surface area contributed by atoms with E-state index in [4.69, 9.17) is 4.74 Å². The number of amides is 2. The van der Waals surface area contributed by atoms with Crippen LogP contribution >= 0.6 is 0 Å². The van der Waals surface area contributed by atoms with Gasteiger partial charge < -0.3 is 15.0 Å². The molecule has 0 aliphatic carbocycles. The van der Waals surface area contributed by atoms with E-state index in [0.29, 0.717) is 24.3 Å². The van der Waals surface area contributed by atoms with Gasteiger partial charge in [0, 0.05) is 31.0 Å². The molecule has 148 valence electrons. The maximum Gasteiger partial charge on any atom is 0.259 e. The average molecular weight is 385 g/mol. The van der Waals surface area contributed by atoms with Gasteiger partial charge >= 0.3 is 0 Å². The summed E-state index contributed by atoms with van der Waals surface area (Å²) in [5.74, 6) is -0.305. The number of benzene rings is 1. The van der Waals surface area contributed by atoms with E-state index in [1.165, 1.54) is 4.90 Å². The van der Waals surface area contributed by atoms with Crippen molar-refractivity contribution in [2.75, 3.05) is 20.2 Å². The number of carbonyl (C=O) groups excluding carboxylic acids is 2. The van der Waals surface area contributed by atoms with Crippen LogP contribution in [0.3, 0.4) is 0 Å². The number of halogens is 1. The predicted molar refractivity (Wildman–Crippen MR) is 103 cm³/mol. The van der Waals surface area contributed by atoms with Crippen LogP contribution in [0, 0.1) is 6.92 Å². The first-order valence-corrected chi connectivity index (χ1v) is 9.23. The molecule has 1 fully saturated rings. The zero-order valence-electron chi connectivity index (χ0n) is 16.1. The fourth-order valence-electron chi connectivity index (χ4n) is 3.38. The van der Waals surface area contributed by atoms with Crippen LogP contribution in [0.4, 0.5) is 4.39 Å². The minimum Gasteiger partial charge on any atom is -0.497 e. The number of carbonyl (C=O) groups is 2. The molecule has 2 aromatic rings. The van der Waals surface area contributed by atoms with E-state index in [0.717, 1.165) is 11.1 Å². The highest BCUT2D eigenvalue weighted by Crippen LogP contribution is 2.28. The van der Waals surface area contributed by atoms with Crippen LogP contribution in [-0.4, -0.2) is 47.6 Å². The SMILES string of the molecule is COc1ccc(C(=O)N2CCCC(F)(C(=O)NCc3ccncc3)C2)c(C)c1. The highest BCUT2D eigenvalue weighted by molar-refractivity contribution is 5.96. The molecule has 1 N–H and O–H groups in total. The summed E-state index contributed by atoms with van der Waals surface area (Å²) in [7, 11) is 1.56. The third-order valence-electron chi connectivity index (χ3n) is 5.00. The first kappa shape index (κ1) is 19.8. The fraction of sp³-hybridized carbons (Fsp3) is 0.381. The van der Waals surface area contributed by atoms with E-state index in [1.54, 1.807) is 49.8 Å². The third-order valence-corrected chi connectivity index (χ3v) is 5.00. The molecule has 1 aliphatic rings. The smallest absolute Gasteiger partial charge is 0.259 e. The van der Waals surface area contributed by atoms with Gasteiger partial charge in [0.2, 0.25) is 5.67 Å². The Morgan fingerprint density at radius 2 is 2.04 bits per heavy atom. The Labute approximate surface area is 163 Å². The molecule has 7 heteroatoms. The van der Waals surface area contributed by atoms with Crippen molar-refractivity contribution < 1.29 is 18.7 Å². The molecule has 2 amide bonds. The van der Waals surface area contributed by atoms with E-state index in [1.807, 2.05) is 6.92 Å². The number of aromatic nitrogens is 1. The number of rotatable bonds is 5. The molecular formula is C21H24FN3O3. The number of nitrogens with zero attached hydrogens (tertiary/aromatic N) is 2. The quantitative estimate of drug-likeness (QED) is 0.859. The van der Waals surface area contributed by atoms with Gasteiger partial charge in [0.05, 0.1) is 13.7 Å². The number of ether oxygens (including phenoxy) is 1. The minimum atomic E-state index is -2.10. The highest BCUT2D eigenvalue weighted by atomic mass is 19.1. The largest absolute Gasteiger partial charge is 0.497 e. The van der Waals surface area contributed by atoms with Crippen LogP contribution in [0.5, 0.6) is 5.75 Å². The second kappa shape index (κ2) is 8.37. The molecule has 1 unspecified atom stereocenters. The standard InChI is InChI=1S/C21H24FN3O3/c1-15-12-17(28-2)4-5-18(15)19(26)25-11-3-8-21(22,14-25)20(27)24-13-16-6-9-23-10-7-16/h4-7,9-10,12H,3,8,11,13-14H2,1-2H3,(H,24,27). The predicted octanol–water partition coefficient (Wildman–Crippen LogP) is 2.66. The molecule has 0 spiro atoms. The summed E-state index contributed by atoms with van der Waals surface area (Å²) in [6.07, 6.45) is 3.76. The first-order valence-electron chi connectivity index (χ1n) is 9.23. The molecular weight excluding hydrogens is 361 g/mol. The monoisotopic (exact) mass is 385 g/mol. The molecule has 1 aromatic heterocycles. The number of piperidine rings is 1. The summed E-state index contributed by atoms with van der Waals surface area (Å²) in [5.41, 5.74) is -0.0188. The molecule has 3 rings (SSSR count). The first-order chi connectivity index (χ1) is 13.4. The van der Waals surface area contributed by atoms with Crippen molar-refractivity contribution in [2.24, 2.45) is 0 Å². The van der Waals surface area contributed by atoms with Gasteiger partial charge in [-0.05, 0) is 61.2 Å². The summed E-state index contributed by atoms with van der Waals surface area (Å²) >= 11 is 0. The van der Waals surface area contributed by atoms with Crippen LogP contribution in [0.15, 0.2) is 42.7 Å². The number of aryl methyl sites for hydroxylation is 1. The van der Waals surface area contributed by atoms with Crippen molar-refractivity contribution in [3.05, 3.63) is 59.4 Å². The van der Waals surface area contributed by atoms with Gasteiger partial charge in [0.15, 0.2) is 0 Å². The summed E-state index contributed by atoms with van der Waals surface area (Å²) < 4.78 is 20.5. The van der Waals surface area contributed by atoms with Crippen LogP contribution in [0.2, 0.25) is 0 Å². The van der Waals surface area contributed by atoms with Gasteiger partial charge in [-0.3, -0.25) is 14.6 Å². The number of hydrogen-bond acceptors (Lipinski definition) is 4. The van der Waals surface area contributed by atoms with Crippen LogP contribution in [0.25, 0.3) is 0 Å². The Bertz CT molecular complexity index is 859. The van der Waals surface area contributed by atoms with E-state index >= 15 is 4.39 Å². The Morgan fingerprint density at radius 3 is 2.71 bits per heavy atom. The average Bonchev–Trinajstić information content (AvgIpc) is 2.72. The van der Waals surface area contributed by atoms with Crippen LogP contribution in [-0.2, 0) is 11.3 Å². The lowest BCUT2D eigenvalue weighted by molar-refractivity contribution is -0.136. The maximum absolute atomic E-state index is 15.4. The van der Waals surface area contributed by atoms with Crippen LogP contribution in [0.1, 0.15) is 34.3 Å². The van der Waals surface area contributed by atoms with Gasteiger partial charge in [-0.2, -0.15) is 0 Å². The Morgan fingerprint density at radius 1 is 1.29 bits per heavy atom. The second-order valence-corrected chi connectivity index (χ2v) is 7.01. The van der Waals surface area contributed by atoms with Crippen molar-refractivity contribution in [3.63, 3.8) is 0 Å². The molecule has 1 aliphatic heterocycles. The molecule has 6 nitrogen and oxygen atoms in total. The van der Waals surface area contributed by atoms with Crippen molar-refractivity contribution in [2.45, 2.75) is 32.0 Å². The summed E-state index contributed by atoms with van der Waals surface area (Å²) in [6.45, 7) is 2.20. The van der Waals surface area contributed by atoms with Gasteiger partial charge in [0.1, 0.15) is 5.75 Å². The summed E-state index contributed by atoms with van der Waals surface area (Å²) in [5, 5.41) is 2.64. The summed E-state index contributed by atoms with van der Waals surface area (Å²) in [4.78, 5) is 30.7. The van der Waals surface area contributed by atoms with Crippen molar-refractivity contribution in [1.29, 1.82) is 0 Å². The van der Waals surface area contributed by atoms with Gasteiger partial charge in [-0.25, -0.2) is 4.39 Å². The fourth-order valence-corrected chi connectivity index (χ4v) is 3.38. The van der Waals surface area contributed by atoms with Crippen molar-refractivity contribution >= 4 is 11.8 Å². The lowest BCUT2D eigenvalue weighted by Crippen LogP contribution is -2.55. The van der Waals surface area contributed by atoms with E-state index in [2.05, 4.69) is 10.3 Å². The molecule has 0 radical (unpaired) electrons.